The van der Waals surface area contributed by atoms with Crippen LogP contribution in [0.2, 0.25) is 0 Å². The van der Waals surface area contributed by atoms with Gasteiger partial charge in [0.25, 0.3) is 0 Å². The molecular weight excluding hydrogens is 1130 g/mol. The first-order chi connectivity index (χ1) is 44.6. The van der Waals surface area contributed by atoms with Gasteiger partial charge in [-0.3, -0.25) is 9.59 Å². The molecule has 0 aliphatic carbocycles. The number of carbonyl (C=O) groups is 3. The van der Waals surface area contributed by atoms with Crippen molar-refractivity contribution < 1.29 is 42.9 Å². The van der Waals surface area contributed by atoms with Crippen LogP contribution in [0.1, 0.15) is 322 Å². The maximum Gasteiger partial charge on any atom is 0.306 e. The third-order valence-electron chi connectivity index (χ3n) is 16.2. The molecule has 0 rings (SSSR count). The Bertz CT molecular complexity index is 1910. The minimum Gasteiger partial charge on any atom is -0.545 e. The minimum absolute atomic E-state index is 0.145. The van der Waals surface area contributed by atoms with Gasteiger partial charge in [0.2, 0.25) is 0 Å². The first-order valence-corrected chi connectivity index (χ1v) is 37.7. The Balaban J connectivity index is 4.06. The number of hydrogen-bond acceptors (Lipinski definition) is 8. The van der Waals surface area contributed by atoms with Crippen molar-refractivity contribution in [3.8, 4) is 0 Å². The molecule has 0 radical (unpaired) electrons. The van der Waals surface area contributed by atoms with Gasteiger partial charge < -0.3 is 33.3 Å². The number of nitrogens with zero attached hydrogens (tertiary/aromatic N) is 1. The number of aliphatic carboxylic acids is 1. The molecular formula is C82H141NO8. The van der Waals surface area contributed by atoms with Crippen molar-refractivity contribution in [3.63, 3.8) is 0 Å². The molecule has 9 heteroatoms. The highest BCUT2D eigenvalue weighted by atomic mass is 16.7. The molecule has 0 aliphatic heterocycles. The van der Waals surface area contributed by atoms with Crippen molar-refractivity contribution in [1.29, 1.82) is 0 Å². The predicted octanol–water partition coefficient (Wildman–Crippen LogP) is 22.6. The number of allylic oxidation sites excluding steroid dienone is 20. The van der Waals surface area contributed by atoms with Crippen LogP contribution in [0, 0.1) is 0 Å². The number of hydrogen-bond donors (Lipinski definition) is 0. The third kappa shape index (κ3) is 73.0. The Morgan fingerprint density at radius 3 is 0.879 bits per heavy atom. The Morgan fingerprint density at radius 2 is 0.593 bits per heavy atom. The highest BCUT2D eigenvalue weighted by molar-refractivity contribution is 5.70. The number of quaternary nitrogens is 1. The van der Waals surface area contributed by atoms with E-state index in [2.05, 4.69) is 135 Å². The summed E-state index contributed by atoms with van der Waals surface area (Å²) >= 11 is 0. The number of unbranched alkanes of at least 4 members (excludes halogenated alkanes) is 34. The number of rotatable bonds is 69. The van der Waals surface area contributed by atoms with E-state index in [1.54, 1.807) is 0 Å². The average molecular weight is 1270 g/mol. The zero-order valence-corrected chi connectivity index (χ0v) is 59.7. The summed E-state index contributed by atoms with van der Waals surface area (Å²) in [5.41, 5.74) is 0. The van der Waals surface area contributed by atoms with Crippen LogP contribution in [0.5, 0.6) is 0 Å². The fourth-order valence-electron chi connectivity index (χ4n) is 10.5. The predicted molar refractivity (Wildman–Crippen MR) is 389 cm³/mol. The standard InChI is InChI=1S/C82H141NO8/c1-6-8-10-12-14-16-18-20-22-24-26-28-30-32-34-36-38-40-42-44-46-48-50-52-54-56-58-60-62-64-66-68-70-72-79(84)89-76-78(77-90-82(81(86)87)88-75-74-83(3,4)5)91-80(85)73-71-69-67-65-63-61-59-57-55-53-51-49-47-45-43-41-39-37-35-33-31-29-27-25-23-21-19-17-15-13-11-9-7-2/h8-11,14-17,20-23,26-29,32-35,78,82H,6-7,12-13,18-19,24-25,30-31,36-77H2,1-5H3/b10-8-,11-9-,16-14-,17-15-,22-20-,23-21-,28-26-,29-27-,34-32-,35-33-. The molecule has 0 aliphatic rings. The summed E-state index contributed by atoms with van der Waals surface area (Å²) < 4.78 is 22.9. The van der Waals surface area contributed by atoms with Crippen molar-refractivity contribution in [2.45, 2.75) is 334 Å². The molecule has 0 amide bonds. The lowest BCUT2D eigenvalue weighted by Crippen LogP contribution is -2.44. The van der Waals surface area contributed by atoms with Crippen molar-refractivity contribution in [3.05, 3.63) is 122 Å². The molecule has 0 bridgehead atoms. The normalized spacial score (nSPS) is 13.4. The number of likely N-dealkylation sites (N-methyl/N-ethyl adjacent to an activating group) is 1. The van der Waals surface area contributed by atoms with E-state index < -0.39 is 24.3 Å². The van der Waals surface area contributed by atoms with Crippen LogP contribution >= 0.6 is 0 Å². The Labute approximate surface area is 561 Å². The molecule has 0 saturated heterocycles. The highest BCUT2D eigenvalue weighted by Gasteiger charge is 2.22. The van der Waals surface area contributed by atoms with E-state index >= 15 is 0 Å². The number of carbonyl (C=O) groups excluding carboxylic acids is 3. The quantitative estimate of drug-likeness (QED) is 0.0195. The van der Waals surface area contributed by atoms with Gasteiger partial charge in [-0.15, -0.1) is 0 Å². The average Bonchev–Trinajstić information content (AvgIpc) is 3.63. The molecule has 0 saturated carbocycles. The van der Waals surface area contributed by atoms with Gasteiger partial charge in [-0.25, -0.2) is 0 Å². The third-order valence-corrected chi connectivity index (χ3v) is 16.2. The maximum absolute atomic E-state index is 13.0. The van der Waals surface area contributed by atoms with Crippen LogP contribution in [-0.2, 0) is 33.3 Å². The molecule has 2 atom stereocenters. The van der Waals surface area contributed by atoms with Crippen LogP contribution in [0.15, 0.2) is 122 Å². The van der Waals surface area contributed by atoms with Crippen LogP contribution in [0.4, 0.5) is 0 Å². The molecule has 0 aromatic rings. The number of ether oxygens (including phenoxy) is 4. The topological polar surface area (TPSA) is 111 Å². The summed E-state index contributed by atoms with van der Waals surface area (Å²) in [5.74, 6) is -2.27. The zero-order valence-electron chi connectivity index (χ0n) is 59.7. The van der Waals surface area contributed by atoms with Gasteiger partial charge in [-0.1, -0.05) is 328 Å². The molecule has 0 heterocycles. The highest BCUT2D eigenvalue weighted by Crippen LogP contribution is 2.18. The SMILES string of the molecule is CC/C=C\C/C=C\C/C=C\C/C=C\C/C=C\CCCCCCCCCCCCCCCCCCCC(=O)OCC(COC(OCC[N+](C)(C)C)C(=O)[O-])OC(=O)CCCCCCCCCCCCCCCCCCC/C=C\C/C=C\C/C=C\C/C=C\C/C=C\CC. The fourth-order valence-corrected chi connectivity index (χ4v) is 10.5. The second-order valence-electron chi connectivity index (χ2n) is 26.2. The number of carboxylic acid groups (broad SMARTS) is 1. The molecule has 2 unspecified atom stereocenters. The monoisotopic (exact) mass is 1270 g/mol. The van der Waals surface area contributed by atoms with E-state index in [-0.39, 0.29) is 38.6 Å². The van der Waals surface area contributed by atoms with Crippen molar-refractivity contribution in [2.24, 2.45) is 0 Å². The summed E-state index contributed by atoms with van der Waals surface area (Å²) in [7, 11) is 5.94. The van der Waals surface area contributed by atoms with Crippen LogP contribution in [0.3, 0.4) is 0 Å². The second-order valence-corrected chi connectivity index (χ2v) is 26.2. The van der Waals surface area contributed by atoms with Gasteiger partial charge in [0.05, 0.1) is 40.3 Å². The summed E-state index contributed by atoms with van der Waals surface area (Å²) in [6.07, 6.45) is 98.7. The smallest absolute Gasteiger partial charge is 0.306 e. The lowest BCUT2D eigenvalue weighted by atomic mass is 10.0. The first-order valence-electron chi connectivity index (χ1n) is 37.7. The molecule has 0 aromatic heterocycles. The summed E-state index contributed by atoms with van der Waals surface area (Å²) in [6.45, 7) is 4.55. The zero-order chi connectivity index (χ0) is 66.1. The van der Waals surface area contributed by atoms with E-state index in [4.69, 9.17) is 18.9 Å². The van der Waals surface area contributed by atoms with E-state index in [1.807, 2.05) is 21.1 Å². The Morgan fingerprint density at radius 1 is 0.330 bits per heavy atom. The van der Waals surface area contributed by atoms with E-state index in [0.29, 0.717) is 17.4 Å². The largest absolute Gasteiger partial charge is 0.545 e. The molecule has 0 aromatic carbocycles. The summed E-state index contributed by atoms with van der Waals surface area (Å²) in [5, 5.41) is 11.9. The van der Waals surface area contributed by atoms with Gasteiger partial charge in [-0.05, 0) is 103 Å². The number of esters is 2. The molecule has 9 nitrogen and oxygen atoms in total. The molecule has 91 heavy (non-hydrogen) atoms. The van der Waals surface area contributed by atoms with E-state index in [9.17, 15) is 19.5 Å². The first kappa shape index (κ1) is 86.7. The van der Waals surface area contributed by atoms with Crippen molar-refractivity contribution in [1.82, 2.24) is 0 Å². The molecule has 0 fully saturated rings. The minimum atomic E-state index is -1.63. The van der Waals surface area contributed by atoms with E-state index in [0.717, 1.165) is 96.3 Å². The van der Waals surface area contributed by atoms with Crippen molar-refractivity contribution >= 4 is 17.9 Å². The van der Waals surface area contributed by atoms with Gasteiger partial charge in [-0.2, -0.15) is 0 Å². The van der Waals surface area contributed by atoms with Crippen LogP contribution < -0.4 is 5.11 Å². The van der Waals surface area contributed by atoms with Crippen LogP contribution in [0.25, 0.3) is 0 Å². The van der Waals surface area contributed by atoms with Crippen molar-refractivity contribution in [2.75, 3.05) is 47.5 Å². The fraction of sp³-hybridized carbons (Fsp3) is 0.720. The molecule has 522 valence electrons. The number of carboxylic acids is 1. The Kier molecular flexibility index (Phi) is 68.1. The van der Waals surface area contributed by atoms with Gasteiger partial charge in [0.15, 0.2) is 12.4 Å². The lowest BCUT2D eigenvalue weighted by molar-refractivity contribution is -0.870. The lowest BCUT2D eigenvalue weighted by Gasteiger charge is -2.26. The van der Waals surface area contributed by atoms with Gasteiger partial charge >= 0.3 is 11.9 Å². The second kappa shape index (κ2) is 71.5. The molecule has 0 spiro atoms. The maximum atomic E-state index is 13.0. The van der Waals surface area contributed by atoms with Gasteiger partial charge in [0.1, 0.15) is 13.2 Å². The van der Waals surface area contributed by atoms with Gasteiger partial charge in [0, 0.05) is 12.8 Å². The summed E-state index contributed by atoms with van der Waals surface area (Å²) in [6, 6.07) is 0. The summed E-state index contributed by atoms with van der Waals surface area (Å²) in [4.78, 5) is 37.6. The molecule has 0 N–H and O–H groups in total. The Hall–Kier alpha value is -4.31. The van der Waals surface area contributed by atoms with E-state index in [1.165, 1.54) is 193 Å². The van der Waals surface area contributed by atoms with Crippen LogP contribution in [-0.4, -0.2) is 82.3 Å².